The lowest BCUT2D eigenvalue weighted by atomic mass is 10.1. The molecule has 1 aromatic heterocycles. The van der Waals surface area contributed by atoms with E-state index in [0.717, 1.165) is 5.56 Å². The largest absolute Gasteiger partial charge is 0.326 e. The molecule has 27 heavy (non-hydrogen) atoms. The molecule has 0 bridgehead atoms. The molecule has 2 amide bonds. The first-order valence-corrected chi connectivity index (χ1v) is 8.84. The fourth-order valence-electron chi connectivity index (χ4n) is 2.51. The smallest absolute Gasteiger partial charge is 0.257 e. The van der Waals surface area contributed by atoms with E-state index in [2.05, 4.69) is 15.6 Å². The minimum Gasteiger partial charge on any atom is -0.326 e. The summed E-state index contributed by atoms with van der Waals surface area (Å²) < 4.78 is 0. The van der Waals surface area contributed by atoms with Gasteiger partial charge in [-0.05, 0) is 54.4 Å². The summed E-state index contributed by atoms with van der Waals surface area (Å²) in [6.45, 7) is 0. The maximum Gasteiger partial charge on any atom is 0.257 e. The lowest BCUT2D eigenvalue weighted by Crippen LogP contribution is -2.13. The first-order valence-electron chi connectivity index (χ1n) is 8.46. The number of carbonyl (C=O) groups excluding carboxylic acids is 2. The minimum atomic E-state index is -0.236. The van der Waals surface area contributed by atoms with Crippen LogP contribution in [-0.4, -0.2) is 16.8 Å². The van der Waals surface area contributed by atoms with E-state index in [4.69, 9.17) is 11.6 Å². The Morgan fingerprint density at radius 3 is 2.26 bits per heavy atom. The molecule has 3 aromatic rings. The van der Waals surface area contributed by atoms with Gasteiger partial charge in [-0.2, -0.15) is 0 Å². The number of halogens is 1. The van der Waals surface area contributed by atoms with Crippen molar-refractivity contribution in [3.05, 3.63) is 89.2 Å². The number of pyridine rings is 1. The predicted octanol–water partition coefficient (Wildman–Crippen LogP) is 4.56. The van der Waals surface area contributed by atoms with E-state index >= 15 is 0 Å². The Morgan fingerprint density at radius 2 is 1.59 bits per heavy atom. The third-order valence-electron chi connectivity index (χ3n) is 3.93. The number of amides is 2. The van der Waals surface area contributed by atoms with Gasteiger partial charge in [0.1, 0.15) is 0 Å². The Morgan fingerprint density at radius 1 is 0.889 bits per heavy atom. The highest BCUT2D eigenvalue weighted by Crippen LogP contribution is 2.18. The molecule has 0 saturated heterocycles. The van der Waals surface area contributed by atoms with E-state index in [1.807, 2.05) is 24.3 Å². The van der Waals surface area contributed by atoms with Crippen molar-refractivity contribution in [2.24, 2.45) is 0 Å². The van der Waals surface area contributed by atoms with E-state index in [0.29, 0.717) is 34.8 Å². The van der Waals surface area contributed by atoms with Gasteiger partial charge in [-0.3, -0.25) is 14.6 Å². The van der Waals surface area contributed by atoms with Crippen molar-refractivity contribution in [3.8, 4) is 0 Å². The van der Waals surface area contributed by atoms with E-state index in [1.165, 1.54) is 6.20 Å². The van der Waals surface area contributed by atoms with Crippen LogP contribution in [0.5, 0.6) is 0 Å². The molecule has 0 spiro atoms. The van der Waals surface area contributed by atoms with Gasteiger partial charge in [-0.15, -0.1) is 0 Å². The zero-order valence-electron chi connectivity index (χ0n) is 14.5. The number of hydrogen-bond donors (Lipinski definition) is 2. The van der Waals surface area contributed by atoms with Crippen molar-refractivity contribution in [1.29, 1.82) is 0 Å². The SMILES string of the molecule is O=C(CCc1ccccc1Cl)Nc1ccc(NC(=O)c2cccnc2)cc1. The van der Waals surface area contributed by atoms with Crippen LogP contribution in [-0.2, 0) is 11.2 Å². The maximum atomic E-state index is 12.1. The van der Waals surface area contributed by atoms with Crippen LogP contribution < -0.4 is 10.6 Å². The van der Waals surface area contributed by atoms with Crippen LogP contribution in [0.15, 0.2) is 73.1 Å². The zero-order valence-corrected chi connectivity index (χ0v) is 15.2. The van der Waals surface area contributed by atoms with Gasteiger partial charge in [0.05, 0.1) is 5.56 Å². The van der Waals surface area contributed by atoms with Gasteiger partial charge in [-0.1, -0.05) is 29.8 Å². The Hall–Kier alpha value is -3.18. The molecule has 2 aromatic carbocycles. The first-order chi connectivity index (χ1) is 13.1. The molecule has 0 radical (unpaired) electrons. The molecule has 0 saturated carbocycles. The summed E-state index contributed by atoms with van der Waals surface area (Å²) >= 11 is 6.10. The molecule has 0 aliphatic heterocycles. The predicted molar refractivity (Wildman–Crippen MR) is 107 cm³/mol. The molecular formula is C21H18ClN3O2. The Labute approximate surface area is 162 Å². The summed E-state index contributed by atoms with van der Waals surface area (Å²) in [7, 11) is 0. The van der Waals surface area contributed by atoms with Gasteiger partial charge in [0.2, 0.25) is 5.91 Å². The molecule has 136 valence electrons. The molecule has 6 heteroatoms. The van der Waals surface area contributed by atoms with Crippen molar-refractivity contribution >= 4 is 34.8 Å². The highest BCUT2D eigenvalue weighted by Gasteiger charge is 2.07. The average molecular weight is 380 g/mol. The maximum absolute atomic E-state index is 12.1. The molecule has 0 fully saturated rings. The fraction of sp³-hybridized carbons (Fsp3) is 0.0952. The number of rotatable bonds is 6. The van der Waals surface area contributed by atoms with E-state index in [1.54, 1.807) is 42.6 Å². The standard InChI is InChI=1S/C21H18ClN3O2/c22-19-6-2-1-4-15(19)7-12-20(26)24-17-8-10-18(11-9-17)25-21(27)16-5-3-13-23-14-16/h1-6,8-11,13-14H,7,12H2,(H,24,26)(H,25,27). The highest BCUT2D eigenvalue weighted by atomic mass is 35.5. The van der Waals surface area contributed by atoms with Crippen molar-refractivity contribution in [2.75, 3.05) is 10.6 Å². The summed E-state index contributed by atoms with van der Waals surface area (Å²) in [4.78, 5) is 28.1. The number of hydrogen-bond acceptors (Lipinski definition) is 3. The first kappa shape index (κ1) is 18.6. The molecule has 0 atom stereocenters. The number of benzene rings is 2. The Balaban J connectivity index is 1.52. The number of carbonyl (C=O) groups is 2. The number of aryl methyl sites for hydroxylation is 1. The molecule has 0 aliphatic carbocycles. The monoisotopic (exact) mass is 379 g/mol. The molecule has 0 unspecified atom stereocenters. The number of anilines is 2. The van der Waals surface area contributed by atoms with E-state index < -0.39 is 0 Å². The summed E-state index contributed by atoms with van der Waals surface area (Å²) in [5, 5.41) is 6.29. The summed E-state index contributed by atoms with van der Waals surface area (Å²) in [6, 6.07) is 17.8. The van der Waals surface area contributed by atoms with Crippen LogP contribution in [0.3, 0.4) is 0 Å². The molecule has 3 rings (SSSR count). The van der Waals surface area contributed by atoms with Crippen molar-refractivity contribution in [3.63, 3.8) is 0 Å². The topological polar surface area (TPSA) is 71.1 Å². The van der Waals surface area contributed by atoms with Crippen LogP contribution in [0.1, 0.15) is 22.3 Å². The van der Waals surface area contributed by atoms with Gasteiger partial charge in [0.15, 0.2) is 0 Å². The molecule has 5 nitrogen and oxygen atoms in total. The number of nitrogens with one attached hydrogen (secondary N) is 2. The van der Waals surface area contributed by atoms with E-state index in [9.17, 15) is 9.59 Å². The molecule has 1 heterocycles. The van der Waals surface area contributed by atoms with Crippen molar-refractivity contribution in [1.82, 2.24) is 4.98 Å². The average Bonchev–Trinajstić information content (AvgIpc) is 2.69. The fourth-order valence-corrected chi connectivity index (χ4v) is 2.74. The second-order valence-electron chi connectivity index (χ2n) is 5.91. The van der Waals surface area contributed by atoms with Crippen molar-refractivity contribution in [2.45, 2.75) is 12.8 Å². The summed E-state index contributed by atoms with van der Waals surface area (Å²) in [5.41, 5.74) is 2.73. The van der Waals surface area contributed by atoms with Crippen LogP contribution in [0.2, 0.25) is 5.02 Å². The molecular weight excluding hydrogens is 362 g/mol. The third-order valence-corrected chi connectivity index (χ3v) is 4.30. The van der Waals surface area contributed by atoms with E-state index in [-0.39, 0.29) is 11.8 Å². The normalized spacial score (nSPS) is 10.3. The lowest BCUT2D eigenvalue weighted by molar-refractivity contribution is -0.116. The molecule has 0 aliphatic rings. The van der Waals surface area contributed by atoms with Crippen LogP contribution in [0.25, 0.3) is 0 Å². The second kappa shape index (κ2) is 8.96. The zero-order chi connectivity index (χ0) is 19.1. The minimum absolute atomic E-state index is 0.0953. The Bertz CT molecular complexity index is 928. The highest BCUT2D eigenvalue weighted by molar-refractivity contribution is 6.31. The van der Waals surface area contributed by atoms with Crippen molar-refractivity contribution < 1.29 is 9.59 Å². The van der Waals surface area contributed by atoms with Gasteiger partial charge < -0.3 is 10.6 Å². The van der Waals surface area contributed by atoms with Gasteiger partial charge in [0.25, 0.3) is 5.91 Å². The second-order valence-corrected chi connectivity index (χ2v) is 6.32. The van der Waals surface area contributed by atoms with Crippen LogP contribution in [0, 0.1) is 0 Å². The van der Waals surface area contributed by atoms with Gasteiger partial charge in [0, 0.05) is 35.2 Å². The third kappa shape index (κ3) is 5.39. The summed E-state index contributed by atoms with van der Waals surface area (Å²) in [6.07, 6.45) is 4.02. The van der Waals surface area contributed by atoms with Gasteiger partial charge in [-0.25, -0.2) is 0 Å². The lowest BCUT2D eigenvalue weighted by Gasteiger charge is -2.08. The number of aromatic nitrogens is 1. The Kier molecular flexibility index (Phi) is 6.18. The molecule has 2 N–H and O–H groups in total. The van der Waals surface area contributed by atoms with Crippen LogP contribution in [0.4, 0.5) is 11.4 Å². The number of nitrogens with zero attached hydrogens (tertiary/aromatic N) is 1. The van der Waals surface area contributed by atoms with Gasteiger partial charge >= 0.3 is 0 Å². The quantitative estimate of drug-likeness (QED) is 0.659. The van der Waals surface area contributed by atoms with Crippen LogP contribution >= 0.6 is 11.6 Å². The summed E-state index contributed by atoms with van der Waals surface area (Å²) in [5.74, 6) is -0.332.